The molecule has 0 bridgehead atoms. The van der Waals surface area contributed by atoms with Crippen molar-refractivity contribution < 1.29 is 4.42 Å². The van der Waals surface area contributed by atoms with Crippen LogP contribution in [0.2, 0.25) is 0 Å². The van der Waals surface area contributed by atoms with E-state index in [2.05, 4.69) is 10.2 Å². The second kappa shape index (κ2) is 2.60. The van der Waals surface area contributed by atoms with Crippen LogP contribution in [0.15, 0.2) is 16.7 Å². The van der Waals surface area contributed by atoms with E-state index in [4.69, 9.17) is 10.2 Å². The van der Waals surface area contributed by atoms with E-state index in [9.17, 15) is 0 Å². The third-order valence-electron chi connectivity index (χ3n) is 1.42. The lowest BCUT2D eigenvalue weighted by Gasteiger charge is -1.81. The molecule has 62 valence electrons. The number of nitrogen functional groups attached to an aromatic ring is 1. The van der Waals surface area contributed by atoms with E-state index in [0.717, 1.165) is 16.3 Å². The molecule has 0 fully saturated rings. The largest absolute Gasteiger partial charge is 0.469 e. The van der Waals surface area contributed by atoms with Crippen molar-refractivity contribution in [2.45, 2.75) is 6.92 Å². The molecule has 0 atom stereocenters. The molecule has 0 unspecified atom stereocenters. The molecular formula is C7H7N3OS. The second-order valence-corrected chi connectivity index (χ2v) is 3.40. The third kappa shape index (κ3) is 1.18. The first-order valence-electron chi connectivity index (χ1n) is 3.40. The summed E-state index contributed by atoms with van der Waals surface area (Å²) in [5.41, 5.74) is 6.37. The standard InChI is InChI=1S/C7H7N3OS/c1-4-2-5(3-11-4)6-9-10-7(8)12-6/h2-3H,1H3,(H2,8,10). The Kier molecular flexibility index (Phi) is 1.58. The molecule has 12 heavy (non-hydrogen) atoms. The van der Waals surface area contributed by atoms with Crippen molar-refractivity contribution >= 4 is 16.5 Å². The van der Waals surface area contributed by atoms with Gasteiger partial charge in [0.2, 0.25) is 5.13 Å². The number of furan rings is 1. The van der Waals surface area contributed by atoms with E-state index < -0.39 is 0 Å². The van der Waals surface area contributed by atoms with Crippen LogP contribution in [0.4, 0.5) is 5.13 Å². The SMILES string of the molecule is Cc1cc(-c2nnc(N)s2)co1. The van der Waals surface area contributed by atoms with Gasteiger partial charge in [0.1, 0.15) is 12.0 Å². The average molecular weight is 181 g/mol. The minimum Gasteiger partial charge on any atom is -0.469 e. The van der Waals surface area contributed by atoms with Crippen molar-refractivity contribution in [2.24, 2.45) is 0 Å². The van der Waals surface area contributed by atoms with Crippen molar-refractivity contribution in [2.75, 3.05) is 5.73 Å². The molecule has 0 aliphatic rings. The predicted molar refractivity (Wildman–Crippen MR) is 46.8 cm³/mol. The van der Waals surface area contributed by atoms with Gasteiger partial charge in [-0.1, -0.05) is 11.3 Å². The van der Waals surface area contributed by atoms with Crippen molar-refractivity contribution in [3.8, 4) is 10.6 Å². The van der Waals surface area contributed by atoms with Gasteiger partial charge in [0.25, 0.3) is 0 Å². The maximum absolute atomic E-state index is 5.44. The van der Waals surface area contributed by atoms with Gasteiger partial charge in [0.15, 0.2) is 5.01 Å². The number of rotatable bonds is 1. The topological polar surface area (TPSA) is 64.9 Å². The summed E-state index contributed by atoms with van der Waals surface area (Å²) in [5, 5.41) is 8.86. The summed E-state index contributed by atoms with van der Waals surface area (Å²) in [7, 11) is 0. The monoisotopic (exact) mass is 181 g/mol. The number of nitrogens with zero attached hydrogens (tertiary/aromatic N) is 2. The highest BCUT2D eigenvalue weighted by Gasteiger charge is 2.06. The first-order valence-corrected chi connectivity index (χ1v) is 4.22. The van der Waals surface area contributed by atoms with Crippen molar-refractivity contribution in [3.05, 3.63) is 18.1 Å². The Balaban J connectivity index is 2.43. The third-order valence-corrected chi connectivity index (χ3v) is 2.22. The van der Waals surface area contributed by atoms with Gasteiger partial charge in [0, 0.05) is 0 Å². The van der Waals surface area contributed by atoms with E-state index in [1.165, 1.54) is 11.3 Å². The quantitative estimate of drug-likeness (QED) is 0.727. The van der Waals surface area contributed by atoms with Crippen LogP contribution < -0.4 is 5.73 Å². The van der Waals surface area contributed by atoms with E-state index in [0.29, 0.717) is 5.13 Å². The Bertz CT molecular complexity index is 355. The molecule has 0 aromatic carbocycles. The Morgan fingerprint density at radius 2 is 2.33 bits per heavy atom. The molecule has 2 rings (SSSR count). The molecule has 0 saturated heterocycles. The van der Waals surface area contributed by atoms with Gasteiger partial charge >= 0.3 is 0 Å². The molecule has 5 heteroatoms. The summed E-state index contributed by atoms with van der Waals surface area (Å²) >= 11 is 1.35. The van der Waals surface area contributed by atoms with Crippen molar-refractivity contribution in [3.63, 3.8) is 0 Å². The fourth-order valence-corrected chi connectivity index (χ4v) is 1.49. The zero-order chi connectivity index (χ0) is 8.55. The molecule has 4 nitrogen and oxygen atoms in total. The molecule has 2 aromatic rings. The van der Waals surface area contributed by atoms with Crippen LogP contribution in [0.1, 0.15) is 5.76 Å². The molecule has 2 aromatic heterocycles. The molecule has 0 aliphatic heterocycles. The van der Waals surface area contributed by atoms with Gasteiger partial charge < -0.3 is 10.2 Å². The van der Waals surface area contributed by atoms with Gasteiger partial charge in [-0.05, 0) is 13.0 Å². The lowest BCUT2D eigenvalue weighted by atomic mass is 10.3. The minimum absolute atomic E-state index is 0.476. The molecule has 0 saturated carbocycles. The average Bonchev–Trinajstić information content (AvgIpc) is 2.58. The fraction of sp³-hybridized carbons (Fsp3) is 0.143. The van der Waals surface area contributed by atoms with Crippen LogP contribution in [0, 0.1) is 6.92 Å². The van der Waals surface area contributed by atoms with Crippen LogP contribution in [-0.4, -0.2) is 10.2 Å². The smallest absolute Gasteiger partial charge is 0.203 e. The van der Waals surface area contributed by atoms with E-state index in [1.807, 2.05) is 13.0 Å². The lowest BCUT2D eigenvalue weighted by molar-refractivity contribution is 0.535. The van der Waals surface area contributed by atoms with Crippen LogP contribution in [0.3, 0.4) is 0 Å². The predicted octanol–water partition coefficient (Wildman–Crippen LogP) is 1.69. The van der Waals surface area contributed by atoms with Gasteiger partial charge in [0.05, 0.1) is 5.56 Å². The molecule has 0 spiro atoms. The summed E-state index contributed by atoms with van der Waals surface area (Å²) in [4.78, 5) is 0. The summed E-state index contributed by atoms with van der Waals surface area (Å²) in [6.07, 6.45) is 1.65. The van der Waals surface area contributed by atoms with Crippen LogP contribution in [-0.2, 0) is 0 Å². The molecule has 0 aliphatic carbocycles. The summed E-state index contributed by atoms with van der Waals surface area (Å²) in [5.74, 6) is 0.860. The highest BCUT2D eigenvalue weighted by atomic mass is 32.1. The first-order chi connectivity index (χ1) is 5.75. The van der Waals surface area contributed by atoms with Gasteiger partial charge in [-0.3, -0.25) is 0 Å². The van der Waals surface area contributed by atoms with Crippen LogP contribution in [0.5, 0.6) is 0 Å². The van der Waals surface area contributed by atoms with Crippen molar-refractivity contribution in [1.29, 1.82) is 0 Å². The minimum atomic E-state index is 0.476. The zero-order valence-electron chi connectivity index (χ0n) is 6.44. The fourth-order valence-electron chi connectivity index (χ4n) is 0.907. The highest BCUT2D eigenvalue weighted by Crippen LogP contribution is 2.25. The number of aryl methyl sites for hydroxylation is 1. The Morgan fingerprint density at radius 3 is 2.83 bits per heavy atom. The summed E-state index contributed by atoms with van der Waals surface area (Å²) < 4.78 is 5.13. The summed E-state index contributed by atoms with van der Waals surface area (Å²) in [6, 6.07) is 1.90. The Labute approximate surface area is 73.0 Å². The maximum atomic E-state index is 5.44. The number of hydrogen-bond acceptors (Lipinski definition) is 5. The number of aromatic nitrogens is 2. The Morgan fingerprint density at radius 1 is 1.50 bits per heavy atom. The maximum Gasteiger partial charge on any atom is 0.203 e. The molecule has 0 amide bonds. The van der Waals surface area contributed by atoms with E-state index in [-0.39, 0.29) is 0 Å². The number of anilines is 1. The molecular weight excluding hydrogens is 174 g/mol. The zero-order valence-corrected chi connectivity index (χ0v) is 7.26. The molecule has 2 heterocycles. The van der Waals surface area contributed by atoms with Gasteiger partial charge in [-0.15, -0.1) is 10.2 Å². The van der Waals surface area contributed by atoms with Crippen molar-refractivity contribution in [1.82, 2.24) is 10.2 Å². The van der Waals surface area contributed by atoms with Crippen LogP contribution in [0.25, 0.3) is 10.6 Å². The Hall–Kier alpha value is -1.36. The van der Waals surface area contributed by atoms with Gasteiger partial charge in [-0.25, -0.2) is 0 Å². The highest BCUT2D eigenvalue weighted by molar-refractivity contribution is 7.18. The molecule has 0 radical (unpaired) electrons. The first kappa shape index (κ1) is 7.30. The van der Waals surface area contributed by atoms with E-state index >= 15 is 0 Å². The summed E-state index contributed by atoms with van der Waals surface area (Å²) in [6.45, 7) is 1.88. The van der Waals surface area contributed by atoms with Crippen LogP contribution >= 0.6 is 11.3 Å². The van der Waals surface area contributed by atoms with Gasteiger partial charge in [-0.2, -0.15) is 0 Å². The lowest BCUT2D eigenvalue weighted by Crippen LogP contribution is -1.79. The number of nitrogens with two attached hydrogens (primary N) is 1. The van der Waals surface area contributed by atoms with E-state index in [1.54, 1.807) is 6.26 Å². The second-order valence-electron chi connectivity index (χ2n) is 2.39. The number of hydrogen-bond donors (Lipinski definition) is 1. The molecule has 2 N–H and O–H groups in total. The normalized spacial score (nSPS) is 10.4.